The number of hydrogen-bond donors (Lipinski definition) is 2. The normalized spacial score (nSPS) is 12.9. The Morgan fingerprint density at radius 2 is 2.57 bits per heavy atom. The Balaban J connectivity index is 2.25. The van der Waals surface area contributed by atoms with Crippen LogP contribution in [0.15, 0.2) is 23.7 Å². The molecule has 1 atom stereocenters. The van der Waals surface area contributed by atoms with Gasteiger partial charge >= 0.3 is 0 Å². The highest BCUT2D eigenvalue weighted by Crippen LogP contribution is 2.23. The van der Waals surface area contributed by atoms with Crippen molar-refractivity contribution in [1.29, 1.82) is 0 Å². The fraction of sp³-hybridized carbons (Fsp3) is 0.333. The smallest absolute Gasteiger partial charge is 0.105 e. The first-order valence-corrected chi connectivity index (χ1v) is 5.42. The van der Waals surface area contributed by atoms with E-state index in [2.05, 4.69) is 39.1 Å². The van der Waals surface area contributed by atoms with E-state index < -0.39 is 0 Å². The Hall–Kier alpha value is -1.20. The quantitative estimate of drug-likeness (QED) is 0.801. The van der Waals surface area contributed by atoms with Gasteiger partial charge in [-0.1, -0.05) is 13.0 Å². The van der Waals surface area contributed by atoms with Gasteiger partial charge in [-0.2, -0.15) is 15.4 Å². The number of rotatable bonds is 4. The zero-order valence-electron chi connectivity index (χ0n) is 7.90. The molecule has 2 aromatic heterocycles. The van der Waals surface area contributed by atoms with Crippen molar-refractivity contribution in [3.05, 3.63) is 34.3 Å². The summed E-state index contributed by atoms with van der Waals surface area (Å²) < 4.78 is 0. The topological polar surface area (TPSA) is 53.6 Å². The molecule has 2 aromatic rings. The van der Waals surface area contributed by atoms with Crippen LogP contribution in [0.5, 0.6) is 0 Å². The third-order valence-electron chi connectivity index (χ3n) is 1.97. The minimum absolute atomic E-state index is 0.166. The standard InChI is InChI=1S/C9H12N4S/c1-2-10-9(7-6-11-13-12-7)8-4-3-5-14-8/h3-6,9-10H,2H2,1H3,(H,11,12,13). The zero-order valence-corrected chi connectivity index (χ0v) is 8.71. The molecule has 0 aliphatic carbocycles. The molecule has 5 heteroatoms. The van der Waals surface area contributed by atoms with Gasteiger partial charge in [0.1, 0.15) is 5.69 Å². The van der Waals surface area contributed by atoms with Gasteiger partial charge in [0.05, 0.1) is 12.2 Å². The monoisotopic (exact) mass is 208 g/mol. The van der Waals surface area contributed by atoms with Gasteiger partial charge < -0.3 is 5.32 Å². The van der Waals surface area contributed by atoms with Crippen molar-refractivity contribution >= 4 is 11.3 Å². The fourth-order valence-corrected chi connectivity index (χ4v) is 2.17. The van der Waals surface area contributed by atoms with Crippen LogP contribution < -0.4 is 5.32 Å². The lowest BCUT2D eigenvalue weighted by Gasteiger charge is -2.12. The lowest BCUT2D eigenvalue weighted by atomic mass is 10.2. The molecule has 0 aliphatic rings. The van der Waals surface area contributed by atoms with E-state index in [1.54, 1.807) is 17.5 Å². The Bertz CT molecular complexity index is 320. The molecular weight excluding hydrogens is 196 g/mol. The van der Waals surface area contributed by atoms with Gasteiger partial charge in [-0.15, -0.1) is 11.3 Å². The summed E-state index contributed by atoms with van der Waals surface area (Å²) in [5.41, 5.74) is 0.939. The SMILES string of the molecule is CCNC(c1cn[nH]n1)c1cccs1. The van der Waals surface area contributed by atoms with Crippen molar-refractivity contribution in [3.63, 3.8) is 0 Å². The lowest BCUT2D eigenvalue weighted by molar-refractivity contribution is 0.622. The van der Waals surface area contributed by atoms with Crippen molar-refractivity contribution in [2.24, 2.45) is 0 Å². The van der Waals surface area contributed by atoms with Crippen LogP contribution >= 0.6 is 11.3 Å². The van der Waals surface area contributed by atoms with Gasteiger partial charge in [-0.3, -0.25) is 0 Å². The second kappa shape index (κ2) is 4.34. The average Bonchev–Trinajstić information content (AvgIpc) is 2.87. The molecule has 0 spiro atoms. The number of hydrogen-bond acceptors (Lipinski definition) is 4. The second-order valence-electron chi connectivity index (χ2n) is 2.90. The maximum absolute atomic E-state index is 4.10. The highest BCUT2D eigenvalue weighted by Gasteiger charge is 2.15. The first-order valence-electron chi connectivity index (χ1n) is 4.54. The van der Waals surface area contributed by atoms with E-state index in [0.29, 0.717) is 0 Å². The molecule has 14 heavy (non-hydrogen) atoms. The first kappa shape index (κ1) is 9.36. The molecule has 74 valence electrons. The fourth-order valence-electron chi connectivity index (χ4n) is 1.36. The molecule has 1 unspecified atom stereocenters. The van der Waals surface area contributed by atoms with Crippen molar-refractivity contribution in [1.82, 2.24) is 20.7 Å². The van der Waals surface area contributed by atoms with Crippen LogP contribution in [-0.4, -0.2) is 22.0 Å². The third kappa shape index (κ3) is 1.83. The molecule has 0 aromatic carbocycles. The van der Waals surface area contributed by atoms with E-state index in [-0.39, 0.29) is 6.04 Å². The van der Waals surface area contributed by atoms with Crippen molar-refractivity contribution in [2.75, 3.05) is 6.54 Å². The number of aromatic amines is 1. The predicted octanol–water partition coefficient (Wildman–Crippen LogP) is 1.57. The summed E-state index contributed by atoms with van der Waals surface area (Å²) in [5, 5.41) is 16.0. The second-order valence-corrected chi connectivity index (χ2v) is 3.88. The van der Waals surface area contributed by atoms with Gasteiger partial charge in [0.15, 0.2) is 0 Å². The van der Waals surface area contributed by atoms with E-state index in [0.717, 1.165) is 12.2 Å². The summed E-state index contributed by atoms with van der Waals surface area (Å²) in [6, 6.07) is 4.32. The van der Waals surface area contributed by atoms with Gasteiger partial charge in [0.25, 0.3) is 0 Å². The van der Waals surface area contributed by atoms with Crippen LogP contribution in [0, 0.1) is 0 Å². The van der Waals surface area contributed by atoms with E-state index in [9.17, 15) is 0 Å². The van der Waals surface area contributed by atoms with E-state index in [1.165, 1.54) is 4.88 Å². The highest BCUT2D eigenvalue weighted by atomic mass is 32.1. The molecule has 0 saturated heterocycles. The number of H-pyrrole nitrogens is 1. The molecule has 0 aliphatic heterocycles. The van der Waals surface area contributed by atoms with E-state index >= 15 is 0 Å². The lowest BCUT2D eigenvalue weighted by Crippen LogP contribution is -2.21. The van der Waals surface area contributed by atoms with Gasteiger partial charge in [-0.05, 0) is 18.0 Å². The molecule has 2 heterocycles. The number of nitrogens with zero attached hydrogens (tertiary/aromatic N) is 2. The number of aromatic nitrogens is 3. The summed E-state index contributed by atoms with van der Waals surface area (Å²) in [6.45, 7) is 3.00. The van der Waals surface area contributed by atoms with Crippen molar-refractivity contribution in [2.45, 2.75) is 13.0 Å². The van der Waals surface area contributed by atoms with Crippen LogP contribution in [-0.2, 0) is 0 Å². The van der Waals surface area contributed by atoms with E-state index in [4.69, 9.17) is 0 Å². The van der Waals surface area contributed by atoms with Crippen molar-refractivity contribution in [3.8, 4) is 0 Å². The molecule has 2 rings (SSSR count). The minimum Gasteiger partial charge on any atom is -0.304 e. The Morgan fingerprint density at radius 1 is 1.64 bits per heavy atom. The van der Waals surface area contributed by atoms with Crippen LogP contribution in [0.25, 0.3) is 0 Å². The first-order chi connectivity index (χ1) is 6.92. The Kier molecular flexibility index (Phi) is 2.90. The molecular formula is C9H12N4S. The maximum Gasteiger partial charge on any atom is 0.105 e. The highest BCUT2D eigenvalue weighted by molar-refractivity contribution is 7.10. The molecule has 4 nitrogen and oxygen atoms in total. The Morgan fingerprint density at radius 3 is 3.14 bits per heavy atom. The predicted molar refractivity (Wildman–Crippen MR) is 56.2 cm³/mol. The number of thiophene rings is 1. The van der Waals surface area contributed by atoms with E-state index in [1.807, 2.05) is 6.07 Å². The third-order valence-corrected chi connectivity index (χ3v) is 2.90. The van der Waals surface area contributed by atoms with Gasteiger partial charge in [0, 0.05) is 4.88 Å². The summed E-state index contributed by atoms with van der Waals surface area (Å²) >= 11 is 1.73. The summed E-state index contributed by atoms with van der Waals surface area (Å²) in [7, 11) is 0. The minimum atomic E-state index is 0.166. The van der Waals surface area contributed by atoms with Crippen LogP contribution in [0.4, 0.5) is 0 Å². The Labute approximate surface area is 86.4 Å². The zero-order chi connectivity index (χ0) is 9.80. The number of nitrogens with one attached hydrogen (secondary N) is 2. The summed E-state index contributed by atoms with van der Waals surface area (Å²) in [5.74, 6) is 0. The summed E-state index contributed by atoms with van der Waals surface area (Å²) in [4.78, 5) is 1.26. The van der Waals surface area contributed by atoms with Gasteiger partial charge in [-0.25, -0.2) is 0 Å². The average molecular weight is 208 g/mol. The van der Waals surface area contributed by atoms with Crippen LogP contribution in [0.1, 0.15) is 23.5 Å². The molecule has 0 bridgehead atoms. The van der Waals surface area contributed by atoms with Crippen LogP contribution in [0.3, 0.4) is 0 Å². The van der Waals surface area contributed by atoms with Crippen LogP contribution in [0.2, 0.25) is 0 Å². The molecule has 2 N–H and O–H groups in total. The molecule has 0 fully saturated rings. The molecule has 0 radical (unpaired) electrons. The van der Waals surface area contributed by atoms with Gasteiger partial charge in [0.2, 0.25) is 0 Å². The van der Waals surface area contributed by atoms with Crippen molar-refractivity contribution < 1.29 is 0 Å². The molecule has 0 saturated carbocycles. The largest absolute Gasteiger partial charge is 0.304 e. The molecule has 0 amide bonds. The summed E-state index contributed by atoms with van der Waals surface area (Å²) in [6.07, 6.45) is 1.76. The maximum atomic E-state index is 4.10.